The van der Waals surface area contributed by atoms with Crippen LogP contribution in [0.5, 0.6) is 11.6 Å². The van der Waals surface area contributed by atoms with Gasteiger partial charge in [0.05, 0.1) is 44.6 Å². The average Bonchev–Trinajstić information content (AvgIpc) is 1.70. The minimum Gasteiger partial charge on any atom is -0.493 e. The van der Waals surface area contributed by atoms with Crippen molar-refractivity contribution >= 4 is 168 Å². The normalized spacial score (nSPS) is 12.8. The van der Waals surface area contributed by atoms with E-state index in [1.54, 1.807) is 6.92 Å². The van der Waals surface area contributed by atoms with Crippen LogP contribution in [0.3, 0.4) is 0 Å². The van der Waals surface area contributed by atoms with Crippen LogP contribution in [-0.2, 0) is 60.2 Å². The van der Waals surface area contributed by atoms with Gasteiger partial charge in [-0.1, -0.05) is 17.4 Å². The van der Waals surface area contributed by atoms with E-state index in [0.29, 0.717) is 5.56 Å². The van der Waals surface area contributed by atoms with Crippen molar-refractivity contribution < 1.29 is 84.3 Å². The lowest BCUT2D eigenvalue weighted by Crippen LogP contribution is -2.08. The highest BCUT2D eigenvalue weighted by atomic mass is 32.2. The van der Waals surface area contributed by atoms with Gasteiger partial charge in [-0.15, -0.1) is 37.3 Å². The number of aromatic nitrogens is 3. The van der Waals surface area contributed by atoms with Crippen molar-refractivity contribution in [1.82, 2.24) is 14.4 Å². The number of imidazole rings is 1. The lowest BCUT2D eigenvalue weighted by atomic mass is 10.1. The van der Waals surface area contributed by atoms with Crippen molar-refractivity contribution in [3.05, 3.63) is 77.4 Å². The molecule has 38 heteroatoms. The number of nitrogens with one attached hydrogen (secondary N) is 2. The third kappa shape index (κ3) is 14.7. The number of hydrogen-bond donors (Lipinski definition) is 8. The number of carbonyl (C=O) groups excluding carboxylic acids is 2. The standard InChI is InChI=1S/C47H42N12O19S7/c1-22-13-34(55-57-41-23(2)30(21-48)45-51-42-36(59(45)46(41)62)16-27(49-24(3)60)17-40(42)85(75,76)77)37(78-9-5-11-81(63,64)65)19-31(22)53-56-35-18-32(50-25(4)61)33(20-38(35)79-10-6-12-82(66,67)68)54-58-47-52-43-39(84(72,73)74)15-26-14-28(83(69,70)71)7-8-29(26)44(43)80-47/h7-8,13-20,62H,5-6,9-12H2,1-4H3,(H,49,60)(H,50,61)(H,63,64,65)(H,66,67,68)(H,69,70,71)(H,72,73,74)(H,75,76,77). The van der Waals surface area contributed by atoms with Gasteiger partial charge in [0, 0.05) is 41.4 Å². The van der Waals surface area contributed by atoms with Crippen LogP contribution < -0.4 is 15.4 Å². The molecule has 0 aliphatic heterocycles. The number of azo groups is 3. The summed E-state index contributed by atoms with van der Waals surface area (Å²) >= 11 is 1.78. The van der Waals surface area contributed by atoms with Gasteiger partial charge in [-0.2, -0.15) is 52.5 Å². The number of benzene rings is 5. The molecular weight excluding hydrogens is 1260 g/mol. The summed E-state index contributed by atoms with van der Waals surface area (Å²) < 4.78 is 176. The number of carbonyl (C=O) groups is 2. The number of fused-ring (bicyclic) bond motifs is 6. The van der Waals surface area contributed by atoms with Crippen molar-refractivity contribution in [2.75, 3.05) is 34.5 Å². The number of ether oxygens (including phenoxy) is 1. The molecule has 0 radical (unpaired) electrons. The van der Waals surface area contributed by atoms with Crippen LogP contribution in [-0.4, -0.2) is 120 Å². The van der Waals surface area contributed by atoms with Crippen molar-refractivity contribution in [3.63, 3.8) is 0 Å². The summed E-state index contributed by atoms with van der Waals surface area (Å²) in [4.78, 5) is 31.3. The van der Waals surface area contributed by atoms with Crippen LogP contribution in [0.4, 0.5) is 44.9 Å². The molecule has 31 nitrogen and oxygen atoms in total. The zero-order valence-electron chi connectivity index (χ0n) is 43.8. The molecule has 5 aromatic carbocycles. The fraction of sp³-hybridized carbons (Fsp3) is 0.213. The van der Waals surface area contributed by atoms with E-state index in [2.05, 4.69) is 51.3 Å². The number of thiazole rings is 1. The fourth-order valence-corrected chi connectivity index (χ4v) is 13.2. The number of amides is 2. The van der Waals surface area contributed by atoms with Gasteiger partial charge >= 0.3 is 0 Å². The summed E-state index contributed by atoms with van der Waals surface area (Å²) in [6, 6.07) is 13.8. The first-order valence-corrected chi connectivity index (χ1v) is 33.1. The molecule has 0 bridgehead atoms. The molecule has 0 spiro atoms. The van der Waals surface area contributed by atoms with E-state index in [0.717, 1.165) is 58.7 Å². The Labute approximate surface area is 489 Å². The Bertz CT molecular complexity index is 4890. The van der Waals surface area contributed by atoms with Crippen LogP contribution in [0.1, 0.15) is 43.4 Å². The minimum absolute atomic E-state index is 0.0149. The molecule has 446 valence electrons. The van der Waals surface area contributed by atoms with Gasteiger partial charge < -0.3 is 20.5 Å². The van der Waals surface area contributed by atoms with Gasteiger partial charge in [-0.25, -0.2) is 9.97 Å². The second kappa shape index (κ2) is 24.1. The first-order valence-electron chi connectivity index (χ1n) is 23.8. The monoisotopic (exact) mass is 1300 g/mol. The predicted octanol–water partition coefficient (Wildman–Crippen LogP) is 9.37. The van der Waals surface area contributed by atoms with Gasteiger partial charge in [0.1, 0.15) is 55.3 Å². The van der Waals surface area contributed by atoms with Gasteiger partial charge in [0.2, 0.25) is 22.8 Å². The van der Waals surface area contributed by atoms with Crippen LogP contribution in [0.15, 0.2) is 111 Å². The third-order valence-electron chi connectivity index (χ3n) is 11.8. The first kappa shape index (κ1) is 63.0. The lowest BCUT2D eigenvalue weighted by molar-refractivity contribution is -0.115. The van der Waals surface area contributed by atoms with E-state index in [4.69, 9.17) is 4.74 Å². The Hall–Kier alpha value is -8.07. The molecule has 85 heavy (non-hydrogen) atoms. The number of thioether (sulfide) groups is 1. The lowest BCUT2D eigenvalue weighted by Gasteiger charge is -2.13. The molecule has 8 rings (SSSR count). The van der Waals surface area contributed by atoms with E-state index >= 15 is 0 Å². The van der Waals surface area contributed by atoms with Crippen molar-refractivity contribution in [3.8, 4) is 17.7 Å². The fourth-order valence-electron chi connectivity index (χ4n) is 8.19. The number of hydrogen-bond acceptors (Lipinski definition) is 25. The topological polar surface area (TPSA) is 488 Å². The van der Waals surface area contributed by atoms with Crippen LogP contribution in [0.2, 0.25) is 0 Å². The number of rotatable bonds is 21. The van der Waals surface area contributed by atoms with E-state index < -0.39 is 100.0 Å². The largest absolute Gasteiger partial charge is 0.493 e. The Kier molecular flexibility index (Phi) is 17.9. The Balaban J connectivity index is 1.23. The Morgan fingerprint density at radius 2 is 1.34 bits per heavy atom. The highest BCUT2D eigenvalue weighted by Gasteiger charge is 2.27. The van der Waals surface area contributed by atoms with E-state index in [1.165, 1.54) is 50.2 Å². The maximum absolute atomic E-state index is 12.6. The molecule has 0 atom stereocenters. The van der Waals surface area contributed by atoms with E-state index in [1.807, 2.05) is 6.07 Å². The second-order valence-corrected chi connectivity index (χ2v) is 27.6. The van der Waals surface area contributed by atoms with Gasteiger partial charge in [0.25, 0.3) is 50.6 Å². The number of aryl methyl sites for hydroxylation is 1. The smallest absolute Gasteiger partial charge is 0.296 e. The summed E-state index contributed by atoms with van der Waals surface area (Å²) in [5.74, 6) is -3.46. The molecule has 3 aromatic heterocycles. The number of anilines is 2. The second-order valence-electron chi connectivity index (χ2n) is 18.1. The molecule has 3 heterocycles. The summed E-state index contributed by atoms with van der Waals surface area (Å²) in [7, 11) is -23.6. The molecule has 0 aliphatic carbocycles. The Morgan fingerprint density at radius 3 is 1.98 bits per heavy atom. The first-order chi connectivity index (χ1) is 39.6. The summed E-state index contributed by atoms with van der Waals surface area (Å²) in [6.45, 7) is 4.86. The van der Waals surface area contributed by atoms with Crippen molar-refractivity contribution in [2.45, 2.75) is 60.1 Å². The molecule has 2 amide bonds. The van der Waals surface area contributed by atoms with Gasteiger partial charge in [0.15, 0.2) is 11.3 Å². The summed E-state index contributed by atoms with van der Waals surface area (Å²) in [5.41, 5.74) is -1.72. The van der Waals surface area contributed by atoms with Crippen LogP contribution in [0.25, 0.3) is 37.7 Å². The highest BCUT2D eigenvalue weighted by molar-refractivity contribution is 7.99. The zero-order valence-corrected chi connectivity index (χ0v) is 49.6. The minimum atomic E-state index is -5.03. The maximum Gasteiger partial charge on any atom is 0.296 e. The number of aromatic hydroxyl groups is 1. The van der Waals surface area contributed by atoms with Crippen molar-refractivity contribution in [2.24, 2.45) is 30.7 Å². The number of pyridine rings is 1. The molecular formula is C47H42N12O19S7. The molecule has 0 aliphatic rings. The Morgan fingerprint density at radius 1 is 0.706 bits per heavy atom. The average molecular weight is 1300 g/mol. The maximum atomic E-state index is 12.6. The molecule has 0 fully saturated rings. The van der Waals surface area contributed by atoms with Crippen LogP contribution >= 0.6 is 23.1 Å². The highest BCUT2D eigenvalue weighted by Crippen LogP contribution is 2.45. The SMILES string of the molecule is CC(=O)Nc1cc(S(=O)(=O)O)c2nc3c(C#N)c(C)c(N=Nc4cc(C)c(N=Nc5cc(NC(C)=O)c(N=Nc6nc7c(S(=O)(=O)O)cc8cc(S(=O)(=O)O)ccc8c7s6)cc5SCCCS(=O)(=O)O)cc4OCCCS(=O)(=O)O)c(O)n3c2c1. The zero-order chi connectivity index (χ0) is 62.3. The number of nitrogens with zero attached hydrogens (tertiary/aromatic N) is 10. The van der Waals surface area contributed by atoms with E-state index in [-0.39, 0.29) is 124 Å². The molecule has 8 aromatic rings. The van der Waals surface area contributed by atoms with E-state index in [9.17, 15) is 84.8 Å². The quantitative estimate of drug-likeness (QED) is 0.0144. The predicted molar refractivity (Wildman–Crippen MR) is 307 cm³/mol. The molecule has 8 N–H and O–H groups in total. The van der Waals surface area contributed by atoms with Crippen molar-refractivity contribution in [1.29, 1.82) is 5.26 Å². The summed E-state index contributed by atoms with van der Waals surface area (Å²) in [5, 5.41) is 52.9. The van der Waals surface area contributed by atoms with Gasteiger partial charge in [-0.3, -0.25) is 36.8 Å². The molecule has 0 unspecified atom stereocenters. The molecule has 0 saturated heterocycles. The summed E-state index contributed by atoms with van der Waals surface area (Å²) in [6.07, 6.45) is -0.340. The number of nitriles is 1. The van der Waals surface area contributed by atoms with Gasteiger partial charge in [-0.05, 0) is 91.9 Å². The third-order valence-corrected chi connectivity index (χ3v) is 18.1. The molecule has 0 saturated carbocycles. The van der Waals surface area contributed by atoms with Crippen LogP contribution in [0, 0.1) is 25.2 Å².